The molecule has 33 heavy (non-hydrogen) atoms. The van der Waals surface area contributed by atoms with Crippen molar-refractivity contribution in [2.24, 2.45) is 5.92 Å². The third-order valence-corrected chi connectivity index (χ3v) is 6.39. The molecule has 0 aliphatic carbocycles. The predicted octanol–water partition coefficient (Wildman–Crippen LogP) is 5.99. The van der Waals surface area contributed by atoms with Gasteiger partial charge in [0.15, 0.2) is 0 Å². The normalized spacial score (nSPS) is 14.2. The molecule has 1 saturated heterocycles. The Balaban J connectivity index is 1.39. The van der Waals surface area contributed by atoms with Crippen LogP contribution in [0.15, 0.2) is 66.7 Å². The van der Waals surface area contributed by atoms with Gasteiger partial charge in [-0.05, 0) is 86.1 Å². The first-order valence-electron chi connectivity index (χ1n) is 11.7. The number of benzene rings is 3. The molecule has 3 aromatic carbocycles. The Hall–Kier alpha value is -3.27. The van der Waals surface area contributed by atoms with Gasteiger partial charge in [-0.1, -0.05) is 36.4 Å². The monoisotopic (exact) mass is 443 g/mol. The molecule has 0 atom stereocenters. The Bertz CT molecular complexity index is 1070. The van der Waals surface area contributed by atoms with Crippen LogP contribution in [0.1, 0.15) is 45.5 Å². The molecule has 0 saturated carbocycles. The fourth-order valence-corrected chi connectivity index (χ4v) is 4.67. The van der Waals surface area contributed by atoms with Crippen LogP contribution in [-0.2, 0) is 13.0 Å². The summed E-state index contributed by atoms with van der Waals surface area (Å²) in [6.45, 7) is 6.07. The van der Waals surface area contributed by atoms with Gasteiger partial charge in [0, 0.05) is 24.2 Å². The molecule has 172 valence electrons. The summed E-state index contributed by atoms with van der Waals surface area (Å²) in [5.41, 5.74) is 5.27. The molecule has 0 aromatic heterocycles. The average Bonchev–Trinajstić information content (AvgIpc) is 2.82. The molecule has 0 N–H and O–H groups in total. The fourth-order valence-electron chi connectivity index (χ4n) is 4.67. The maximum Gasteiger partial charge on any atom is 0.253 e. The number of likely N-dealkylation sites (tertiary alicyclic amines) is 1. The second-order valence-corrected chi connectivity index (χ2v) is 9.06. The third-order valence-electron chi connectivity index (χ3n) is 6.39. The van der Waals surface area contributed by atoms with Crippen molar-refractivity contribution >= 4 is 5.91 Å². The standard InChI is InChI=1S/C29H33NO3/c1-21-15-22(2)17-27(16-21)33-20-26-19-25(9-10-28(26)32-3)29(31)30-13-11-24(12-14-30)18-23-7-5-4-6-8-23/h4-10,15-17,19,24H,11-14,18,20H2,1-3H3. The number of amides is 1. The second-order valence-electron chi connectivity index (χ2n) is 9.06. The van der Waals surface area contributed by atoms with Crippen molar-refractivity contribution in [3.8, 4) is 11.5 Å². The number of carbonyl (C=O) groups is 1. The average molecular weight is 444 g/mol. The van der Waals surface area contributed by atoms with E-state index in [0.717, 1.165) is 60.5 Å². The van der Waals surface area contributed by atoms with Gasteiger partial charge in [0.05, 0.1) is 7.11 Å². The van der Waals surface area contributed by atoms with E-state index in [1.54, 1.807) is 7.11 Å². The van der Waals surface area contributed by atoms with E-state index < -0.39 is 0 Å². The van der Waals surface area contributed by atoms with Gasteiger partial charge in [-0.15, -0.1) is 0 Å². The van der Waals surface area contributed by atoms with Gasteiger partial charge in [0.1, 0.15) is 18.1 Å². The summed E-state index contributed by atoms with van der Waals surface area (Å²) in [7, 11) is 1.65. The maximum atomic E-state index is 13.2. The zero-order valence-corrected chi connectivity index (χ0v) is 19.8. The van der Waals surface area contributed by atoms with E-state index in [1.165, 1.54) is 5.56 Å². The second kappa shape index (κ2) is 10.6. The van der Waals surface area contributed by atoms with E-state index >= 15 is 0 Å². The molecule has 1 aliphatic heterocycles. The van der Waals surface area contributed by atoms with Crippen molar-refractivity contribution in [2.75, 3.05) is 20.2 Å². The Labute approximate surface area is 197 Å². The predicted molar refractivity (Wildman–Crippen MR) is 132 cm³/mol. The zero-order valence-electron chi connectivity index (χ0n) is 19.8. The summed E-state index contributed by atoms with van der Waals surface area (Å²) in [6.07, 6.45) is 3.17. The highest BCUT2D eigenvalue weighted by atomic mass is 16.5. The van der Waals surface area contributed by atoms with Crippen LogP contribution in [0.3, 0.4) is 0 Å². The first kappa shape index (κ1) is 22.9. The number of methoxy groups -OCH3 is 1. The Kier molecular flexibility index (Phi) is 7.33. The molecule has 0 spiro atoms. The number of piperidine rings is 1. The molecule has 1 fully saturated rings. The molecule has 0 radical (unpaired) electrons. The van der Waals surface area contributed by atoms with Gasteiger partial charge in [-0.2, -0.15) is 0 Å². The molecule has 4 nitrogen and oxygen atoms in total. The SMILES string of the molecule is COc1ccc(C(=O)N2CCC(Cc3ccccc3)CC2)cc1COc1cc(C)cc(C)c1. The van der Waals surface area contributed by atoms with Gasteiger partial charge in [0.25, 0.3) is 5.91 Å². The third kappa shape index (κ3) is 5.95. The van der Waals surface area contributed by atoms with Crippen molar-refractivity contribution in [2.45, 2.75) is 39.7 Å². The first-order chi connectivity index (χ1) is 16.0. The number of hydrogen-bond donors (Lipinski definition) is 0. The molecule has 0 unspecified atom stereocenters. The summed E-state index contributed by atoms with van der Waals surface area (Å²) in [5.74, 6) is 2.28. The first-order valence-corrected chi connectivity index (χ1v) is 11.7. The van der Waals surface area contributed by atoms with Crippen molar-refractivity contribution in [3.05, 3.63) is 94.5 Å². The Morgan fingerprint density at radius 1 is 0.939 bits per heavy atom. The van der Waals surface area contributed by atoms with Crippen molar-refractivity contribution in [3.63, 3.8) is 0 Å². The van der Waals surface area contributed by atoms with E-state index in [-0.39, 0.29) is 5.91 Å². The lowest BCUT2D eigenvalue weighted by molar-refractivity contribution is 0.0690. The van der Waals surface area contributed by atoms with Crippen LogP contribution < -0.4 is 9.47 Å². The Morgan fingerprint density at radius 3 is 2.30 bits per heavy atom. The molecule has 1 aliphatic rings. The number of ether oxygens (including phenoxy) is 2. The highest BCUT2D eigenvalue weighted by Crippen LogP contribution is 2.26. The minimum atomic E-state index is 0.0865. The number of aryl methyl sites for hydroxylation is 2. The van der Waals surface area contributed by atoms with Crippen LogP contribution in [-0.4, -0.2) is 31.0 Å². The van der Waals surface area contributed by atoms with Gasteiger partial charge < -0.3 is 14.4 Å². The summed E-state index contributed by atoms with van der Waals surface area (Å²) in [6, 6.07) is 22.4. The molecule has 1 heterocycles. The van der Waals surface area contributed by atoms with E-state index in [2.05, 4.69) is 50.2 Å². The van der Waals surface area contributed by atoms with E-state index in [4.69, 9.17) is 9.47 Å². The van der Waals surface area contributed by atoms with Gasteiger partial charge in [-0.3, -0.25) is 4.79 Å². The molecule has 3 aromatic rings. The molecule has 4 heteroatoms. The van der Waals surface area contributed by atoms with Crippen molar-refractivity contribution in [1.82, 2.24) is 4.90 Å². The van der Waals surface area contributed by atoms with E-state index in [9.17, 15) is 4.79 Å². The largest absolute Gasteiger partial charge is 0.496 e. The van der Waals surface area contributed by atoms with Gasteiger partial charge in [-0.25, -0.2) is 0 Å². The minimum absolute atomic E-state index is 0.0865. The van der Waals surface area contributed by atoms with Gasteiger partial charge >= 0.3 is 0 Å². The molecule has 4 rings (SSSR count). The molecule has 0 bridgehead atoms. The lowest BCUT2D eigenvalue weighted by Crippen LogP contribution is -2.39. The number of hydrogen-bond acceptors (Lipinski definition) is 3. The van der Waals surface area contributed by atoms with Crippen molar-refractivity contribution < 1.29 is 14.3 Å². The highest BCUT2D eigenvalue weighted by Gasteiger charge is 2.24. The summed E-state index contributed by atoms with van der Waals surface area (Å²) >= 11 is 0. The van der Waals surface area contributed by atoms with Gasteiger partial charge in [0.2, 0.25) is 0 Å². The summed E-state index contributed by atoms with van der Waals surface area (Å²) < 4.78 is 11.6. The maximum absolute atomic E-state index is 13.2. The van der Waals surface area contributed by atoms with Crippen LogP contribution >= 0.6 is 0 Å². The van der Waals surface area contributed by atoms with E-state index in [1.807, 2.05) is 35.2 Å². The molecule has 1 amide bonds. The van der Waals surface area contributed by atoms with E-state index in [0.29, 0.717) is 18.1 Å². The van der Waals surface area contributed by atoms with Crippen LogP contribution in [0.4, 0.5) is 0 Å². The number of carbonyl (C=O) groups excluding carboxylic acids is 1. The zero-order chi connectivity index (χ0) is 23.2. The van der Waals surface area contributed by atoms with Crippen molar-refractivity contribution in [1.29, 1.82) is 0 Å². The van der Waals surface area contributed by atoms with Crippen LogP contribution in [0, 0.1) is 19.8 Å². The number of rotatable bonds is 7. The topological polar surface area (TPSA) is 38.8 Å². The minimum Gasteiger partial charge on any atom is -0.496 e. The van der Waals surface area contributed by atoms with Crippen LogP contribution in [0.2, 0.25) is 0 Å². The lowest BCUT2D eigenvalue weighted by Gasteiger charge is -2.32. The molecular formula is C29H33NO3. The number of nitrogens with zero attached hydrogens (tertiary/aromatic N) is 1. The quantitative estimate of drug-likeness (QED) is 0.450. The smallest absolute Gasteiger partial charge is 0.253 e. The molecular weight excluding hydrogens is 410 g/mol. The summed E-state index contributed by atoms with van der Waals surface area (Å²) in [4.78, 5) is 15.2. The fraction of sp³-hybridized carbons (Fsp3) is 0.345. The Morgan fingerprint density at radius 2 is 1.64 bits per heavy atom. The lowest BCUT2D eigenvalue weighted by atomic mass is 9.90. The van der Waals surface area contributed by atoms with Crippen LogP contribution in [0.5, 0.6) is 11.5 Å². The highest BCUT2D eigenvalue weighted by molar-refractivity contribution is 5.94. The van der Waals surface area contributed by atoms with Crippen LogP contribution in [0.25, 0.3) is 0 Å². The summed E-state index contributed by atoms with van der Waals surface area (Å²) in [5, 5.41) is 0.